The summed E-state index contributed by atoms with van der Waals surface area (Å²) in [4.78, 5) is 25.1. The van der Waals surface area contributed by atoms with Crippen LogP contribution in [0.4, 0.5) is 0 Å². The predicted octanol–water partition coefficient (Wildman–Crippen LogP) is 1.81. The minimum Gasteiger partial charge on any atom is -0.496 e. The van der Waals surface area contributed by atoms with Gasteiger partial charge in [0.1, 0.15) is 5.75 Å². The molecule has 0 spiro atoms. The lowest BCUT2D eigenvalue weighted by Gasteiger charge is -2.07. The average Bonchev–Trinajstić information content (AvgIpc) is 3.19. The predicted molar refractivity (Wildman–Crippen MR) is 67.9 cm³/mol. The van der Waals surface area contributed by atoms with Gasteiger partial charge in [-0.1, -0.05) is 0 Å². The molecule has 1 heterocycles. The van der Waals surface area contributed by atoms with E-state index in [0.717, 1.165) is 24.4 Å². The minimum atomic E-state index is 0.0101. The summed E-state index contributed by atoms with van der Waals surface area (Å²) in [6.07, 6.45) is 0.588. The van der Waals surface area contributed by atoms with Gasteiger partial charge in [0.25, 0.3) is 0 Å². The molecule has 1 aliphatic heterocycles. The van der Waals surface area contributed by atoms with Crippen LogP contribution in [0, 0.1) is 6.92 Å². The molecule has 1 aromatic rings. The number of hydrogen-bond donors (Lipinski definition) is 0. The maximum Gasteiger partial charge on any atom is 0.223 e. The van der Waals surface area contributed by atoms with Crippen molar-refractivity contribution >= 4 is 11.7 Å². The fourth-order valence-electron chi connectivity index (χ4n) is 1.87. The van der Waals surface area contributed by atoms with Crippen molar-refractivity contribution in [1.29, 1.82) is 0 Å². The van der Waals surface area contributed by atoms with Crippen LogP contribution in [0.3, 0.4) is 0 Å². The second-order valence-corrected chi connectivity index (χ2v) is 4.49. The number of carbonyl (C=O) groups is 2. The molecule has 1 amide bonds. The van der Waals surface area contributed by atoms with Crippen LogP contribution >= 0.6 is 0 Å². The Bertz CT molecular complexity index is 478. The van der Waals surface area contributed by atoms with Gasteiger partial charge in [-0.3, -0.25) is 9.59 Å². The van der Waals surface area contributed by atoms with Crippen LogP contribution in [-0.2, 0) is 4.79 Å². The number of ketones is 1. The third kappa shape index (κ3) is 2.88. The van der Waals surface area contributed by atoms with E-state index in [-0.39, 0.29) is 18.1 Å². The van der Waals surface area contributed by atoms with Crippen LogP contribution in [-0.4, -0.2) is 36.8 Å². The van der Waals surface area contributed by atoms with E-state index in [9.17, 15) is 9.59 Å². The second kappa shape index (κ2) is 5.21. The van der Waals surface area contributed by atoms with Crippen molar-refractivity contribution in [3.8, 4) is 5.75 Å². The Labute approximate surface area is 107 Å². The van der Waals surface area contributed by atoms with E-state index >= 15 is 0 Å². The lowest BCUT2D eigenvalue weighted by Crippen LogP contribution is -2.12. The van der Waals surface area contributed by atoms with Crippen molar-refractivity contribution in [3.05, 3.63) is 29.3 Å². The van der Waals surface area contributed by atoms with Gasteiger partial charge in [-0.2, -0.15) is 0 Å². The number of nitrogens with zero attached hydrogens (tertiary/aromatic N) is 1. The number of hydrogen-bond acceptors (Lipinski definition) is 3. The van der Waals surface area contributed by atoms with E-state index in [1.165, 1.54) is 0 Å². The van der Waals surface area contributed by atoms with Crippen molar-refractivity contribution in [1.82, 2.24) is 4.90 Å². The number of rotatable bonds is 5. The zero-order chi connectivity index (χ0) is 13.1. The van der Waals surface area contributed by atoms with Crippen LogP contribution in [0.15, 0.2) is 18.2 Å². The molecule has 1 aromatic carbocycles. The smallest absolute Gasteiger partial charge is 0.223 e. The Kier molecular flexibility index (Phi) is 3.65. The molecule has 0 N–H and O–H groups in total. The standard InChI is InChI=1S/C14H17NO3/c1-10-9-11(3-5-13(10)18-2)12(16)4-6-14(17)15-7-8-15/h3,5,9H,4,6-8H2,1-2H3. The summed E-state index contributed by atoms with van der Waals surface area (Å²) in [6, 6.07) is 5.34. The highest BCUT2D eigenvalue weighted by atomic mass is 16.5. The molecule has 18 heavy (non-hydrogen) atoms. The third-order valence-electron chi connectivity index (χ3n) is 3.08. The molecule has 4 nitrogen and oxygen atoms in total. The number of aryl methyl sites for hydroxylation is 1. The van der Waals surface area contributed by atoms with Crippen molar-refractivity contribution in [2.24, 2.45) is 0 Å². The Hall–Kier alpha value is -1.84. The fourth-order valence-corrected chi connectivity index (χ4v) is 1.87. The van der Waals surface area contributed by atoms with E-state index in [1.807, 2.05) is 13.0 Å². The molecule has 1 fully saturated rings. The number of benzene rings is 1. The lowest BCUT2D eigenvalue weighted by molar-refractivity contribution is -0.125. The summed E-state index contributed by atoms with van der Waals surface area (Å²) in [5, 5.41) is 0. The highest BCUT2D eigenvalue weighted by Crippen LogP contribution is 2.20. The largest absolute Gasteiger partial charge is 0.496 e. The van der Waals surface area contributed by atoms with E-state index in [2.05, 4.69) is 0 Å². The maximum absolute atomic E-state index is 11.9. The normalized spacial score (nSPS) is 13.3. The van der Waals surface area contributed by atoms with Crippen molar-refractivity contribution in [2.45, 2.75) is 19.8 Å². The molecule has 1 aliphatic rings. The monoisotopic (exact) mass is 247 g/mol. The van der Waals surface area contributed by atoms with Gasteiger partial charge in [0, 0.05) is 31.5 Å². The summed E-state index contributed by atoms with van der Waals surface area (Å²) < 4.78 is 5.15. The van der Waals surface area contributed by atoms with Gasteiger partial charge >= 0.3 is 0 Å². The quantitative estimate of drug-likeness (QED) is 0.589. The first-order valence-electron chi connectivity index (χ1n) is 6.07. The minimum absolute atomic E-state index is 0.0101. The van der Waals surface area contributed by atoms with E-state index in [1.54, 1.807) is 24.1 Å². The molecule has 0 aromatic heterocycles. The average molecular weight is 247 g/mol. The van der Waals surface area contributed by atoms with Gasteiger partial charge < -0.3 is 9.64 Å². The number of ether oxygens (including phenoxy) is 1. The zero-order valence-corrected chi connectivity index (χ0v) is 10.7. The molecule has 0 unspecified atom stereocenters. The highest BCUT2D eigenvalue weighted by Gasteiger charge is 2.24. The maximum atomic E-state index is 11.9. The van der Waals surface area contributed by atoms with Crippen LogP contribution in [0.2, 0.25) is 0 Å². The molecule has 0 aliphatic carbocycles. The molecule has 4 heteroatoms. The molecule has 0 radical (unpaired) electrons. The lowest BCUT2D eigenvalue weighted by atomic mass is 10.0. The topological polar surface area (TPSA) is 46.4 Å². The number of carbonyl (C=O) groups excluding carboxylic acids is 2. The van der Waals surface area contributed by atoms with E-state index in [4.69, 9.17) is 4.74 Å². The molecular weight excluding hydrogens is 230 g/mol. The van der Waals surface area contributed by atoms with Crippen molar-refractivity contribution in [3.63, 3.8) is 0 Å². The molecule has 0 atom stereocenters. The Morgan fingerprint density at radius 2 is 2.00 bits per heavy atom. The van der Waals surface area contributed by atoms with Crippen molar-refractivity contribution in [2.75, 3.05) is 20.2 Å². The summed E-state index contributed by atoms with van der Waals surface area (Å²) in [7, 11) is 1.60. The number of amides is 1. The van der Waals surface area contributed by atoms with Crippen LogP contribution < -0.4 is 4.74 Å². The van der Waals surface area contributed by atoms with E-state index < -0.39 is 0 Å². The first-order valence-corrected chi connectivity index (χ1v) is 6.07. The zero-order valence-electron chi connectivity index (χ0n) is 10.7. The first kappa shape index (κ1) is 12.6. The molecule has 0 bridgehead atoms. The van der Waals surface area contributed by atoms with E-state index in [0.29, 0.717) is 12.0 Å². The van der Waals surface area contributed by atoms with Gasteiger partial charge in [0.2, 0.25) is 5.91 Å². The molecule has 2 rings (SSSR count). The van der Waals surface area contributed by atoms with Crippen LogP contribution in [0.25, 0.3) is 0 Å². The van der Waals surface area contributed by atoms with Gasteiger partial charge in [0.15, 0.2) is 5.78 Å². The first-order chi connectivity index (χ1) is 8.61. The molecule has 96 valence electrons. The molecule has 1 saturated heterocycles. The summed E-state index contributed by atoms with van der Waals surface area (Å²) in [5.74, 6) is 0.858. The Morgan fingerprint density at radius 1 is 1.28 bits per heavy atom. The number of Topliss-reactive ketones (excluding diaryl/α,β-unsaturated/α-hetero) is 1. The third-order valence-corrected chi connectivity index (χ3v) is 3.08. The SMILES string of the molecule is COc1ccc(C(=O)CCC(=O)N2CC2)cc1C. The summed E-state index contributed by atoms with van der Waals surface area (Å²) in [5.41, 5.74) is 1.58. The van der Waals surface area contributed by atoms with Gasteiger partial charge in [-0.15, -0.1) is 0 Å². The Balaban J connectivity index is 1.95. The summed E-state index contributed by atoms with van der Waals surface area (Å²) in [6.45, 7) is 3.58. The number of methoxy groups -OCH3 is 1. The van der Waals surface area contributed by atoms with Gasteiger partial charge in [0.05, 0.1) is 7.11 Å². The fraction of sp³-hybridized carbons (Fsp3) is 0.429. The second-order valence-electron chi connectivity index (χ2n) is 4.49. The van der Waals surface area contributed by atoms with Gasteiger partial charge in [-0.05, 0) is 30.7 Å². The Morgan fingerprint density at radius 3 is 2.56 bits per heavy atom. The molecular formula is C14H17NO3. The van der Waals surface area contributed by atoms with Crippen LogP contribution in [0.5, 0.6) is 5.75 Å². The summed E-state index contributed by atoms with van der Waals surface area (Å²) >= 11 is 0. The molecule has 0 saturated carbocycles. The van der Waals surface area contributed by atoms with Crippen LogP contribution in [0.1, 0.15) is 28.8 Å². The highest BCUT2D eigenvalue weighted by molar-refractivity contribution is 5.98. The van der Waals surface area contributed by atoms with Crippen molar-refractivity contribution < 1.29 is 14.3 Å². The van der Waals surface area contributed by atoms with Gasteiger partial charge in [-0.25, -0.2) is 0 Å².